The fraction of sp³-hybridized carbons (Fsp3) is 0.500. The highest BCUT2D eigenvalue weighted by Gasteiger charge is 2.34. The van der Waals surface area contributed by atoms with Crippen molar-refractivity contribution in [2.45, 2.75) is 25.9 Å². The van der Waals surface area contributed by atoms with Crippen molar-refractivity contribution in [3.63, 3.8) is 0 Å². The first-order valence-corrected chi connectivity index (χ1v) is 7.18. The number of hydrogen-bond acceptors (Lipinski definition) is 4. The Bertz CT molecular complexity index is 536. The molecule has 1 aromatic heterocycles. The van der Waals surface area contributed by atoms with Crippen molar-refractivity contribution in [3.8, 4) is 0 Å². The van der Waals surface area contributed by atoms with E-state index < -0.39 is 6.04 Å². The number of carbonyl (C=O) groups excluding carboxylic acids is 2. The number of carbonyl (C=O) groups is 2. The Hall–Kier alpha value is -1.66. The van der Waals surface area contributed by atoms with Crippen molar-refractivity contribution < 1.29 is 14.3 Å². The van der Waals surface area contributed by atoms with Gasteiger partial charge in [0.1, 0.15) is 16.9 Å². The van der Waals surface area contributed by atoms with Gasteiger partial charge in [0, 0.05) is 12.6 Å². The minimum absolute atomic E-state index is 0.000623. The maximum Gasteiger partial charge on any atom is 0.273 e. The average Bonchev–Trinajstić information content (AvgIpc) is 2.46. The third-order valence-electron chi connectivity index (χ3n) is 3.06. The van der Waals surface area contributed by atoms with E-state index in [4.69, 9.17) is 16.3 Å². The van der Waals surface area contributed by atoms with Gasteiger partial charge < -0.3 is 15.0 Å². The third kappa shape index (κ3) is 3.92. The number of nitrogens with one attached hydrogen (secondary N) is 1. The first-order chi connectivity index (χ1) is 9.99. The van der Waals surface area contributed by atoms with Crippen LogP contribution in [0.15, 0.2) is 18.2 Å². The van der Waals surface area contributed by atoms with Crippen LogP contribution in [0, 0.1) is 0 Å². The monoisotopic (exact) mass is 311 g/mol. The molecule has 1 N–H and O–H groups in total. The molecule has 2 heterocycles. The van der Waals surface area contributed by atoms with Gasteiger partial charge in [0.2, 0.25) is 5.91 Å². The molecule has 1 saturated heterocycles. The summed E-state index contributed by atoms with van der Waals surface area (Å²) in [5, 5.41) is 3.05. The van der Waals surface area contributed by atoms with Gasteiger partial charge in [-0.05, 0) is 26.0 Å². The number of aromatic nitrogens is 1. The molecule has 2 rings (SSSR count). The summed E-state index contributed by atoms with van der Waals surface area (Å²) in [4.78, 5) is 30.2. The van der Waals surface area contributed by atoms with Crippen molar-refractivity contribution in [2.24, 2.45) is 0 Å². The lowest BCUT2D eigenvalue weighted by Gasteiger charge is -2.34. The number of rotatable bonds is 3. The second-order valence-electron chi connectivity index (χ2n) is 5.10. The molecule has 0 aromatic carbocycles. The Morgan fingerprint density at radius 3 is 2.90 bits per heavy atom. The molecule has 1 atom stereocenters. The summed E-state index contributed by atoms with van der Waals surface area (Å²) in [5.74, 6) is -0.537. The van der Waals surface area contributed by atoms with Gasteiger partial charge in [0.25, 0.3) is 5.91 Å². The van der Waals surface area contributed by atoms with Gasteiger partial charge >= 0.3 is 0 Å². The molecule has 1 unspecified atom stereocenters. The van der Waals surface area contributed by atoms with Gasteiger partial charge in [-0.15, -0.1) is 0 Å². The van der Waals surface area contributed by atoms with E-state index in [0.717, 1.165) is 0 Å². The zero-order valence-electron chi connectivity index (χ0n) is 12.0. The smallest absolute Gasteiger partial charge is 0.273 e. The highest BCUT2D eigenvalue weighted by molar-refractivity contribution is 6.29. The third-order valence-corrected chi connectivity index (χ3v) is 3.27. The Balaban J connectivity index is 2.18. The normalized spacial score (nSPS) is 18.7. The summed E-state index contributed by atoms with van der Waals surface area (Å²) in [6.07, 6.45) is 0. The SMILES string of the molecule is CC(C)NC(=O)C1COCCN1C(=O)c1cccc(Cl)n1. The van der Waals surface area contributed by atoms with E-state index >= 15 is 0 Å². The van der Waals surface area contributed by atoms with E-state index in [-0.39, 0.29) is 35.3 Å². The zero-order chi connectivity index (χ0) is 15.4. The molecule has 0 spiro atoms. The lowest BCUT2D eigenvalue weighted by atomic mass is 10.1. The van der Waals surface area contributed by atoms with Crippen molar-refractivity contribution in [1.82, 2.24) is 15.2 Å². The summed E-state index contributed by atoms with van der Waals surface area (Å²) in [6, 6.07) is 4.20. The van der Waals surface area contributed by atoms with Gasteiger partial charge in [0.05, 0.1) is 13.2 Å². The number of morpholine rings is 1. The van der Waals surface area contributed by atoms with Crippen LogP contribution in [0.5, 0.6) is 0 Å². The average molecular weight is 312 g/mol. The van der Waals surface area contributed by atoms with Crippen LogP contribution in [-0.4, -0.2) is 53.5 Å². The Labute approximate surface area is 128 Å². The van der Waals surface area contributed by atoms with Crippen LogP contribution in [0.1, 0.15) is 24.3 Å². The van der Waals surface area contributed by atoms with E-state index in [0.29, 0.717) is 13.2 Å². The van der Waals surface area contributed by atoms with Crippen LogP contribution < -0.4 is 5.32 Å². The maximum atomic E-state index is 12.5. The lowest BCUT2D eigenvalue weighted by molar-refractivity contribution is -0.131. The molecule has 6 nitrogen and oxygen atoms in total. The highest BCUT2D eigenvalue weighted by Crippen LogP contribution is 2.13. The predicted octanol–water partition coefficient (Wildman–Crippen LogP) is 1.10. The molecule has 0 aliphatic carbocycles. The topological polar surface area (TPSA) is 71.5 Å². The molecular formula is C14H18ClN3O3. The van der Waals surface area contributed by atoms with Gasteiger partial charge in [-0.3, -0.25) is 9.59 Å². The number of hydrogen-bond donors (Lipinski definition) is 1. The van der Waals surface area contributed by atoms with E-state index in [2.05, 4.69) is 10.3 Å². The standard InChI is InChI=1S/C14H18ClN3O3/c1-9(2)16-13(19)11-8-21-7-6-18(11)14(20)10-4-3-5-12(15)17-10/h3-5,9,11H,6-8H2,1-2H3,(H,16,19). The second-order valence-corrected chi connectivity index (χ2v) is 5.49. The summed E-state index contributed by atoms with van der Waals surface area (Å²) in [6.45, 7) is 4.67. The molecule has 1 aliphatic rings. The summed E-state index contributed by atoms with van der Waals surface area (Å²) >= 11 is 5.81. The lowest BCUT2D eigenvalue weighted by Crippen LogP contribution is -2.56. The molecule has 114 valence electrons. The quantitative estimate of drug-likeness (QED) is 0.849. The maximum absolute atomic E-state index is 12.5. The number of halogens is 1. The van der Waals surface area contributed by atoms with Crippen LogP contribution in [0.4, 0.5) is 0 Å². The highest BCUT2D eigenvalue weighted by atomic mass is 35.5. The largest absolute Gasteiger partial charge is 0.377 e. The van der Waals surface area contributed by atoms with Crippen LogP contribution in [0.2, 0.25) is 5.15 Å². The molecule has 21 heavy (non-hydrogen) atoms. The Kier molecular flexibility index (Phi) is 5.14. The molecule has 0 radical (unpaired) electrons. The van der Waals surface area contributed by atoms with E-state index in [1.54, 1.807) is 18.2 Å². The molecule has 0 bridgehead atoms. The second kappa shape index (κ2) is 6.87. The van der Waals surface area contributed by atoms with Crippen molar-refractivity contribution in [2.75, 3.05) is 19.8 Å². The number of pyridine rings is 1. The van der Waals surface area contributed by atoms with Crippen molar-refractivity contribution in [3.05, 3.63) is 29.0 Å². The minimum atomic E-state index is -0.644. The first kappa shape index (κ1) is 15.7. The van der Waals surface area contributed by atoms with Crippen molar-refractivity contribution >= 4 is 23.4 Å². The van der Waals surface area contributed by atoms with Crippen molar-refractivity contribution in [1.29, 1.82) is 0 Å². The van der Waals surface area contributed by atoms with E-state index in [1.165, 1.54) is 4.90 Å². The number of nitrogens with zero attached hydrogens (tertiary/aromatic N) is 2. The van der Waals surface area contributed by atoms with Gasteiger partial charge in [-0.2, -0.15) is 0 Å². The number of ether oxygens (including phenoxy) is 1. The minimum Gasteiger partial charge on any atom is -0.377 e. The summed E-state index contributed by atoms with van der Waals surface area (Å²) in [5.41, 5.74) is 0.228. The molecule has 1 aliphatic heterocycles. The molecule has 2 amide bonds. The van der Waals surface area contributed by atoms with Gasteiger partial charge in [-0.25, -0.2) is 4.98 Å². The number of amides is 2. The molecule has 0 saturated carbocycles. The van der Waals surface area contributed by atoms with Crippen LogP contribution in [0.25, 0.3) is 0 Å². The van der Waals surface area contributed by atoms with Gasteiger partial charge in [0.15, 0.2) is 0 Å². The van der Waals surface area contributed by atoms with E-state index in [1.807, 2.05) is 13.8 Å². The van der Waals surface area contributed by atoms with E-state index in [9.17, 15) is 9.59 Å². The molecule has 7 heteroatoms. The Morgan fingerprint density at radius 2 is 2.24 bits per heavy atom. The predicted molar refractivity (Wildman–Crippen MR) is 78.2 cm³/mol. The van der Waals surface area contributed by atoms with Gasteiger partial charge in [-0.1, -0.05) is 17.7 Å². The van der Waals surface area contributed by atoms with Crippen LogP contribution in [0.3, 0.4) is 0 Å². The van der Waals surface area contributed by atoms with Crippen LogP contribution >= 0.6 is 11.6 Å². The molecular weight excluding hydrogens is 294 g/mol. The Morgan fingerprint density at radius 1 is 1.48 bits per heavy atom. The van der Waals surface area contributed by atoms with Crippen LogP contribution in [-0.2, 0) is 9.53 Å². The summed E-state index contributed by atoms with van der Waals surface area (Å²) in [7, 11) is 0. The molecule has 1 fully saturated rings. The first-order valence-electron chi connectivity index (χ1n) is 6.80. The fourth-order valence-electron chi connectivity index (χ4n) is 2.12. The zero-order valence-corrected chi connectivity index (χ0v) is 12.8. The molecule has 1 aromatic rings. The summed E-state index contributed by atoms with van der Waals surface area (Å²) < 4.78 is 5.32. The fourth-order valence-corrected chi connectivity index (χ4v) is 2.28.